The van der Waals surface area contributed by atoms with Gasteiger partial charge in [-0.15, -0.1) is 0 Å². The molecule has 3 rings (SSSR count). The molecule has 0 aromatic heterocycles. The standard InChI is InChI=1S/C15H21NO3/c1-13(2)14(3)6-7-15(13,11(18)10(14)17)12(19)16-8-4-5-9-16/h4-9H2,1-3H3/t14-,15+/m0/s1. The summed E-state index contributed by atoms with van der Waals surface area (Å²) in [5, 5.41) is 0. The summed E-state index contributed by atoms with van der Waals surface area (Å²) in [6, 6.07) is 0. The molecule has 2 aliphatic carbocycles. The van der Waals surface area contributed by atoms with Crippen LogP contribution in [0.25, 0.3) is 0 Å². The van der Waals surface area contributed by atoms with Crippen molar-refractivity contribution in [2.45, 2.75) is 46.5 Å². The van der Waals surface area contributed by atoms with E-state index in [0.29, 0.717) is 12.8 Å². The molecule has 3 fully saturated rings. The van der Waals surface area contributed by atoms with Crippen molar-refractivity contribution in [3.05, 3.63) is 0 Å². The zero-order chi connectivity index (χ0) is 14.1. The van der Waals surface area contributed by atoms with Crippen molar-refractivity contribution in [1.29, 1.82) is 0 Å². The second-order valence-corrected chi connectivity index (χ2v) is 7.02. The minimum absolute atomic E-state index is 0.0884. The monoisotopic (exact) mass is 263 g/mol. The van der Waals surface area contributed by atoms with Crippen LogP contribution in [0.5, 0.6) is 0 Å². The van der Waals surface area contributed by atoms with E-state index in [9.17, 15) is 14.4 Å². The van der Waals surface area contributed by atoms with Crippen LogP contribution in [0.4, 0.5) is 0 Å². The molecule has 2 bridgehead atoms. The Morgan fingerprint density at radius 2 is 1.58 bits per heavy atom. The van der Waals surface area contributed by atoms with Gasteiger partial charge in [0.2, 0.25) is 17.5 Å². The predicted octanol–water partition coefficient (Wildman–Crippen LogP) is 1.57. The average Bonchev–Trinajstić information content (AvgIpc) is 2.97. The summed E-state index contributed by atoms with van der Waals surface area (Å²) >= 11 is 0. The lowest BCUT2D eigenvalue weighted by atomic mass is 9.64. The van der Waals surface area contributed by atoms with Crippen molar-refractivity contribution in [2.24, 2.45) is 16.2 Å². The number of carbonyl (C=O) groups is 3. The van der Waals surface area contributed by atoms with Crippen molar-refractivity contribution in [3.8, 4) is 0 Å². The van der Waals surface area contributed by atoms with Crippen LogP contribution < -0.4 is 0 Å². The number of Topliss-reactive ketones (excluding diaryl/α,β-unsaturated/α-hetero) is 2. The molecule has 3 aliphatic rings. The van der Waals surface area contributed by atoms with E-state index in [1.807, 2.05) is 20.8 Å². The fraction of sp³-hybridized carbons (Fsp3) is 0.800. The lowest BCUT2D eigenvalue weighted by molar-refractivity contribution is -0.154. The second-order valence-electron chi connectivity index (χ2n) is 7.02. The molecule has 1 amide bonds. The first-order valence-corrected chi connectivity index (χ1v) is 7.18. The fourth-order valence-corrected chi connectivity index (χ4v) is 4.43. The highest BCUT2D eigenvalue weighted by molar-refractivity contribution is 6.48. The molecular formula is C15H21NO3. The summed E-state index contributed by atoms with van der Waals surface area (Å²) in [4.78, 5) is 39.5. The van der Waals surface area contributed by atoms with Crippen molar-refractivity contribution < 1.29 is 14.4 Å². The van der Waals surface area contributed by atoms with Crippen LogP contribution in [0.15, 0.2) is 0 Å². The van der Waals surface area contributed by atoms with Crippen LogP contribution in [-0.4, -0.2) is 35.5 Å². The minimum Gasteiger partial charge on any atom is -0.342 e. The van der Waals surface area contributed by atoms with E-state index in [0.717, 1.165) is 25.9 Å². The van der Waals surface area contributed by atoms with E-state index in [4.69, 9.17) is 0 Å². The van der Waals surface area contributed by atoms with Gasteiger partial charge in [-0.2, -0.15) is 0 Å². The highest BCUT2D eigenvalue weighted by Gasteiger charge is 2.78. The normalized spacial score (nSPS) is 40.3. The molecule has 0 N–H and O–H groups in total. The first-order chi connectivity index (χ1) is 8.79. The molecule has 0 radical (unpaired) electrons. The van der Waals surface area contributed by atoms with Crippen LogP contribution in [-0.2, 0) is 14.4 Å². The molecule has 2 atom stereocenters. The van der Waals surface area contributed by atoms with E-state index >= 15 is 0 Å². The molecule has 0 unspecified atom stereocenters. The number of hydrogen-bond donors (Lipinski definition) is 0. The van der Waals surface area contributed by atoms with Gasteiger partial charge in [0, 0.05) is 18.5 Å². The van der Waals surface area contributed by atoms with E-state index in [2.05, 4.69) is 0 Å². The van der Waals surface area contributed by atoms with Crippen molar-refractivity contribution >= 4 is 17.5 Å². The third-order valence-corrected chi connectivity index (χ3v) is 6.30. The number of fused-ring (bicyclic) bond motifs is 2. The van der Waals surface area contributed by atoms with E-state index < -0.39 is 22.0 Å². The summed E-state index contributed by atoms with van der Waals surface area (Å²) in [6.07, 6.45) is 3.20. The smallest absolute Gasteiger partial charge is 0.237 e. The topological polar surface area (TPSA) is 54.5 Å². The van der Waals surface area contributed by atoms with Gasteiger partial charge in [-0.3, -0.25) is 14.4 Å². The number of hydrogen-bond acceptors (Lipinski definition) is 3. The summed E-state index contributed by atoms with van der Waals surface area (Å²) < 4.78 is 0. The van der Waals surface area contributed by atoms with Crippen LogP contribution in [0, 0.1) is 16.2 Å². The lowest BCUT2D eigenvalue weighted by Crippen LogP contribution is -2.51. The highest BCUT2D eigenvalue weighted by Crippen LogP contribution is 2.69. The van der Waals surface area contributed by atoms with Gasteiger partial charge in [0.1, 0.15) is 5.41 Å². The quantitative estimate of drug-likeness (QED) is 0.533. The van der Waals surface area contributed by atoms with Gasteiger partial charge in [0.05, 0.1) is 0 Å². The Bertz CT molecular complexity index is 490. The lowest BCUT2D eigenvalue weighted by Gasteiger charge is -2.39. The Hall–Kier alpha value is -1.19. The van der Waals surface area contributed by atoms with E-state index in [1.165, 1.54) is 0 Å². The average molecular weight is 263 g/mol. The largest absolute Gasteiger partial charge is 0.342 e. The van der Waals surface area contributed by atoms with Crippen molar-refractivity contribution in [2.75, 3.05) is 13.1 Å². The molecule has 4 heteroatoms. The van der Waals surface area contributed by atoms with Crippen molar-refractivity contribution in [3.63, 3.8) is 0 Å². The summed E-state index contributed by atoms with van der Waals surface area (Å²) in [6.45, 7) is 7.18. The molecule has 0 aromatic carbocycles. The van der Waals surface area contributed by atoms with Crippen LogP contribution in [0.3, 0.4) is 0 Å². The Morgan fingerprint density at radius 1 is 1.00 bits per heavy atom. The number of nitrogens with zero attached hydrogens (tertiary/aromatic N) is 1. The van der Waals surface area contributed by atoms with Crippen LogP contribution in [0.2, 0.25) is 0 Å². The predicted molar refractivity (Wildman–Crippen MR) is 69.4 cm³/mol. The SMILES string of the molecule is CC1(C)[C@]2(C(=O)N3CCCC3)CC[C@@]1(C)C(=O)C2=O. The summed E-state index contributed by atoms with van der Waals surface area (Å²) in [5.74, 6) is -0.839. The van der Waals surface area contributed by atoms with Gasteiger partial charge in [0.25, 0.3) is 0 Å². The number of likely N-dealkylation sites (tertiary alicyclic amines) is 1. The van der Waals surface area contributed by atoms with Gasteiger partial charge in [0.15, 0.2) is 0 Å². The highest BCUT2D eigenvalue weighted by atomic mass is 16.2. The maximum atomic E-state index is 12.9. The molecule has 1 heterocycles. The first-order valence-electron chi connectivity index (χ1n) is 7.18. The second kappa shape index (κ2) is 3.47. The number of amides is 1. The first kappa shape index (κ1) is 12.8. The van der Waals surface area contributed by atoms with Gasteiger partial charge in [-0.1, -0.05) is 20.8 Å². The number of ketones is 2. The Balaban J connectivity index is 2.10. The molecule has 0 spiro atoms. The number of rotatable bonds is 1. The van der Waals surface area contributed by atoms with E-state index in [1.54, 1.807) is 4.90 Å². The third kappa shape index (κ3) is 1.14. The Kier molecular flexibility index (Phi) is 2.34. The Labute approximate surface area is 113 Å². The van der Waals surface area contributed by atoms with Gasteiger partial charge < -0.3 is 4.90 Å². The van der Waals surface area contributed by atoms with Gasteiger partial charge in [-0.25, -0.2) is 0 Å². The molecule has 1 saturated heterocycles. The molecule has 19 heavy (non-hydrogen) atoms. The minimum atomic E-state index is -1.08. The molecule has 0 aromatic rings. The van der Waals surface area contributed by atoms with E-state index in [-0.39, 0.29) is 11.7 Å². The fourth-order valence-electron chi connectivity index (χ4n) is 4.43. The molecular weight excluding hydrogens is 242 g/mol. The van der Waals surface area contributed by atoms with Gasteiger partial charge >= 0.3 is 0 Å². The summed E-state index contributed by atoms with van der Waals surface area (Å²) in [7, 11) is 0. The van der Waals surface area contributed by atoms with Crippen LogP contribution >= 0.6 is 0 Å². The Morgan fingerprint density at radius 3 is 2.05 bits per heavy atom. The molecule has 104 valence electrons. The van der Waals surface area contributed by atoms with Crippen LogP contribution in [0.1, 0.15) is 46.5 Å². The maximum absolute atomic E-state index is 12.9. The third-order valence-electron chi connectivity index (χ3n) is 6.30. The molecule has 4 nitrogen and oxygen atoms in total. The molecule has 2 saturated carbocycles. The summed E-state index contributed by atoms with van der Waals surface area (Å²) in [5.41, 5.74) is -2.30. The van der Waals surface area contributed by atoms with Crippen molar-refractivity contribution in [1.82, 2.24) is 4.90 Å². The molecule has 1 aliphatic heterocycles. The van der Waals surface area contributed by atoms with Gasteiger partial charge in [-0.05, 0) is 31.1 Å². The maximum Gasteiger partial charge on any atom is 0.237 e. The zero-order valence-corrected chi connectivity index (χ0v) is 11.9. The zero-order valence-electron chi connectivity index (χ0n) is 11.9. The number of carbonyl (C=O) groups excluding carboxylic acids is 3.